The molecule has 2 atom stereocenters. The van der Waals surface area contributed by atoms with Crippen LogP contribution in [0.4, 0.5) is 18.9 Å². The lowest BCUT2D eigenvalue weighted by Gasteiger charge is -2.35. The fourth-order valence-electron chi connectivity index (χ4n) is 5.72. The van der Waals surface area contributed by atoms with Gasteiger partial charge in [-0.3, -0.25) is 14.8 Å². The molecule has 0 spiro atoms. The number of alkyl halides is 3. The first kappa shape index (κ1) is 34.2. The van der Waals surface area contributed by atoms with E-state index < -0.39 is 12.1 Å². The van der Waals surface area contributed by atoms with Crippen LogP contribution in [0, 0.1) is 0 Å². The zero-order valence-corrected chi connectivity index (χ0v) is 26.7. The third-order valence-corrected chi connectivity index (χ3v) is 7.78. The standard InChI is InChI=1S/C33H34N4O4.C2HF3O2/c1-20-17-37(18-21(2)41-20)19-23-7-5-22(6-8-23)9-11-29-32-30(36-35-29)14-24(15-31(32)40-4)13-27-26-16-25(39-3)10-12-28(26)34-33(27)38;3-2(4,5)1(6)7/h5-16,20-21H,17-19H2,1-4H3,(H,34,38)(H,35,36);(H,6,7)/b11-9+,27-13+;. The van der Waals surface area contributed by atoms with Crippen LogP contribution < -0.4 is 14.8 Å². The summed E-state index contributed by atoms with van der Waals surface area (Å²) in [6, 6.07) is 18.1. The van der Waals surface area contributed by atoms with Gasteiger partial charge in [0.05, 0.1) is 43.0 Å². The van der Waals surface area contributed by atoms with Crippen molar-refractivity contribution in [3.63, 3.8) is 0 Å². The lowest BCUT2D eigenvalue weighted by atomic mass is 10.0. The zero-order valence-electron chi connectivity index (χ0n) is 26.7. The molecule has 0 bridgehead atoms. The minimum Gasteiger partial charge on any atom is -0.497 e. The normalized spacial score (nSPS) is 18.8. The van der Waals surface area contributed by atoms with E-state index in [0.29, 0.717) is 17.1 Å². The molecule has 6 rings (SSSR count). The number of amides is 1. The number of hydrogen-bond acceptors (Lipinski definition) is 7. The van der Waals surface area contributed by atoms with Crippen LogP contribution in [0.3, 0.4) is 0 Å². The first-order valence-electron chi connectivity index (χ1n) is 15.1. The molecule has 1 saturated heterocycles. The minimum absolute atomic E-state index is 0.152. The van der Waals surface area contributed by atoms with Crippen LogP contribution in [-0.2, 0) is 20.9 Å². The minimum atomic E-state index is -5.08. The fraction of sp³-hybridized carbons (Fsp3) is 0.286. The Hall–Kier alpha value is -5.14. The van der Waals surface area contributed by atoms with Gasteiger partial charge in [0, 0.05) is 36.5 Å². The molecule has 0 saturated carbocycles. The lowest BCUT2D eigenvalue weighted by molar-refractivity contribution is -0.192. The summed E-state index contributed by atoms with van der Waals surface area (Å²) in [5.74, 6) is -1.54. The molecular formula is C35H35F3N4O6. The number of carboxylic acids is 1. The maximum atomic E-state index is 12.7. The number of nitrogens with zero attached hydrogens (tertiary/aromatic N) is 2. The molecule has 2 unspecified atom stereocenters. The molecule has 10 nitrogen and oxygen atoms in total. The summed E-state index contributed by atoms with van der Waals surface area (Å²) in [6.45, 7) is 7.09. The SMILES string of the molecule is COc1ccc2c(c1)/C(=C\c1cc(OC)c3c(/C=C/c4ccc(CN5CC(C)OC(C)C5)cc4)n[nH]c3c1)C(=O)N2.O=C(O)C(F)(F)F. The van der Waals surface area contributed by atoms with Gasteiger partial charge in [0.15, 0.2) is 0 Å². The van der Waals surface area contributed by atoms with E-state index in [2.05, 4.69) is 64.6 Å². The number of fused-ring (bicyclic) bond motifs is 2. The molecule has 4 aromatic rings. The molecule has 2 aliphatic heterocycles. The van der Waals surface area contributed by atoms with Gasteiger partial charge in [0.2, 0.25) is 0 Å². The average molecular weight is 665 g/mol. The summed E-state index contributed by atoms with van der Waals surface area (Å²) in [7, 11) is 3.25. The number of morpholine rings is 1. The molecule has 2 aliphatic rings. The van der Waals surface area contributed by atoms with Crippen LogP contribution in [0.25, 0.3) is 34.7 Å². The van der Waals surface area contributed by atoms with Gasteiger partial charge in [-0.1, -0.05) is 30.3 Å². The van der Waals surface area contributed by atoms with Gasteiger partial charge in [0.1, 0.15) is 11.5 Å². The Kier molecular flexibility index (Phi) is 10.2. The largest absolute Gasteiger partial charge is 0.497 e. The van der Waals surface area contributed by atoms with Crippen molar-refractivity contribution in [3.8, 4) is 11.5 Å². The third-order valence-electron chi connectivity index (χ3n) is 7.78. The number of aromatic nitrogens is 2. The van der Waals surface area contributed by atoms with Crippen LogP contribution in [0.5, 0.6) is 11.5 Å². The number of carbonyl (C=O) groups is 2. The van der Waals surface area contributed by atoms with E-state index in [1.807, 2.05) is 42.5 Å². The first-order chi connectivity index (χ1) is 22.8. The molecular weight excluding hydrogens is 629 g/mol. The van der Waals surface area contributed by atoms with Gasteiger partial charge in [-0.15, -0.1) is 0 Å². The second-order valence-corrected chi connectivity index (χ2v) is 11.5. The first-order valence-corrected chi connectivity index (χ1v) is 15.1. The molecule has 13 heteroatoms. The van der Waals surface area contributed by atoms with Gasteiger partial charge in [0.25, 0.3) is 5.91 Å². The molecule has 252 valence electrons. The van der Waals surface area contributed by atoms with E-state index in [-0.39, 0.29) is 18.1 Å². The number of ether oxygens (including phenoxy) is 3. The van der Waals surface area contributed by atoms with Gasteiger partial charge < -0.3 is 24.6 Å². The number of rotatable bonds is 7. The monoisotopic (exact) mass is 664 g/mol. The Bertz CT molecular complexity index is 1860. The zero-order chi connectivity index (χ0) is 34.6. The fourth-order valence-corrected chi connectivity index (χ4v) is 5.72. The lowest BCUT2D eigenvalue weighted by Crippen LogP contribution is -2.44. The van der Waals surface area contributed by atoms with Crippen molar-refractivity contribution >= 4 is 52.3 Å². The second kappa shape index (κ2) is 14.3. The van der Waals surface area contributed by atoms with Gasteiger partial charge >= 0.3 is 12.1 Å². The second-order valence-electron chi connectivity index (χ2n) is 11.5. The van der Waals surface area contributed by atoms with E-state index in [1.54, 1.807) is 14.2 Å². The molecule has 1 aromatic heterocycles. The number of nitrogens with one attached hydrogen (secondary N) is 2. The van der Waals surface area contributed by atoms with Gasteiger partial charge in [-0.25, -0.2) is 4.79 Å². The van der Waals surface area contributed by atoms with E-state index in [9.17, 15) is 18.0 Å². The molecule has 3 heterocycles. The van der Waals surface area contributed by atoms with Gasteiger partial charge in [-0.2, -0.15) is 18.3 Å². The van der Waals surface area contributed by atoms with Crippen LogP contribution in [-0.4, -0.2) is 77.8 Å². The van der Waals surface area contributed by atoms with Crippen LogP contribution in [0.2, 0.25) is 0 Å². The maximum absolute atomic E-state index is 12.7. The van der Waals surface area contributed by atoms with Crippen molar-refractivity contribution in [3.05, 3.63) is 82.5 Å². The summed E-state index contributed by atoms with van der Waals surface area (Å²) >= 11 is 0. The van der Waals surface area contributed by atoms with Crippen LogP contribution >= 0.6 is 0 Å². The van der Waals surface area contributed by atoms with E-state index in [1.165, 1.54) is 5.56 Å². The number of aromatic amines is 1. The van der Waals surface area contributed by atoms with Crippen molar-refractivity contribution in [1.82, 2.24) is 15.1 Å². The Labute approximate surface area is 274 Å². The molecule has 0 aliphatic carbocycles. The summed E-state index contributed by atoms with van der Waals surface area (Å²) in [6.07, 6.45) is 1.35. The quantitative estimate of drug-likeness (QED) is 0.192. The number of halogens is 3. The predicted octanol–water partition coefficient (Wildman–Crippen LogP) is 6.49. The molecule has 3 N–H and O–H groups in total. The van der Waals surface area contributed by atoms with Crippen molar-refractivity contribution in [2.75, 3.05) is 32.6 Å². The summed E-state index contributed by atoms with van der Waals surface area (Å²) in [5.41, 5.74) is 6.96. The number of H-pyrrole nitrogens is 1. The number of carboxylic acid groups (broad SMARTS) is 1. The van der Waals surface area contributed by atoms with Crippen molar-refractivity contribution < 1.29 is 42.1 Å². The Balaban J connectivity index is 0.000000582. The molecule has 3 aromatic carbocycles. The number of methoxy groups -OCH3 is 2. The highest BCUT2D eigenvalue weighted by Gasteiger charge is 2.38. The summed E-state index contributed by atoms with van der Waals surface area (Å²) in [5, 5.41) is 18.6. The average Bonchev–Trinajstić information content (AvgIpc) is 3.59. The number of anilines is 1. The van der Waals surface area contributed by atoms with Crippen molar-refractivity contribution in [2.24, 2.45) is 0 Å². The van der Waals surface area contributed by atoms with E-state index >= 15 is 0 Å². The molecule has 1 fully saturated rings. The van der Waals surface area contributed by atoms with Crippen LogP contribution in [0.1, 0.15) is 41.8 Å². The highest BCUT2D eigenvalue weighted by Crippen LogP contribution is 2.37. The molecule has 48 heavy (non-hydrogen) atoms. The van der Waals surface area contributed by atoms with Crippen molar-refractivity contribution in [1.29, 1.82) is 0 Å². The van der Waals surface area contributed by atoms with Crippen LogP contribution in [0.15, 0.2) is 54.6 Å². The predicted molar refractivity (Wildman–Crippen MR) is 176 cm³/mol. The topological polar surface area (TPSA) is 126 Å². The smallest absolute Gasteiger partial charge is 0.490 e. The Morgan fingerprint density at radius 1 is 1.02 bits per heavy atom. The Morgan fingerprint density at radius 3 is 2.33 bits per heavy atom. The summed E-state index contributed by atoms with van der Waals surface area (Å²) in [4.78, 5) is 24.1. The number of carbonyl (C=O) groups excluding carboxylic acids is 1. The van der Waals surface area contributed by atoms with Gasteiger partial charge in [-0.05, 0) is 73.0 Å². The van der Waals surface area contributed by atoms with Crippen molar-refractivity contribution in [2.45, 2.75) is 38.8 Å². The molecule has 1 amide bonds. The number of aliphatic carboxylic acids is 1. The molecule has 0 radical (unpaired) electrons. The van der Waals surface area contributed by atoms with E-state index in [0.717, 1.165) is 58.6 Å². The number of hydrogen-bond donors (Lipinski definition) is 3. The third kappa shape index (κ3) is 8.04. The Morgan fingerprint density at radius 2 is 1.71 bits per heavy atom. The van der Waals surface area contributed by atoms with E-state index in [4.69, 9.17) is 24.1 Å². The maximum Gasteiger partial charge on any atom is 0.490 e. The summed E-state index contributed by atoms with van der Waals surface area (Å²) < 4.78 is 48.7. The highest BCUT2D eigenvalue weighted by molar-refractivity contribution is 6.35. The number of benzene rings is 3. The highest BCUT2D eigenvalue weighted by atomic mass is 19.4.